The summed E-state index contributed by atoms with van der Waals surface area (Å²) in [6.07, 6.45) is 5.64. The van der Waals surface area contributed by atoms with Crippen LogP contribution in [0.2, 0.25) is 0 Å². The Morgan fingerprint density at radius 2 is 1.89 bits per heavy atom. The third-order valence-corrected chi connectivity index (χ3v) is 3.99. The lowest BCUT2D eigenvalue weighted by Gasteiger charge is -2.37. The van der Waals surface area contributed by atoms with E-state index in [0.717, 1.165) is 38.5 Å². The lowest BCUT2D eigenvalue weighted by atomic mass is 9.79. The van der Waals surface area contributed by atoms with E-state index in [0.29, 0.717) is 12.5 Å². The lowest BCUT2D eigenvalue weighted by Crippen LogP contribution is -2.54. The molecule has 0 saturated heterocycles. The summed E-state index contributed by atoms with van der Waals surface area (Å²) in [5.74, 6) is -0.406. The summed E-state index contributed by atoms with van der Waals surface area (Å²) >= 11 is 0. The van der Waals surface area contributed by atoms with Gasteiger partial charge >= 0.3 is 12.0 Å². The van der Waals surface area contributed by atoms with Crippen LogP contribution in [-0.4, -0.2) is 29.2 Å². The summed E-state index contributed by atoms with van der Waals surface area (Å²) in [6, 6.07) is -0.233. The molecule has 1 unspecified atom stereocenters. The summed E-state index contributed by atoms with van der Waals surface area (Å²) in [5, 5.41) is 14.8. The van der Waals surface area contributed by atoms with Crippen LogP contribution in [0.15, 0.2) is 0 Å². The molecule has 0 spiro atoms. The molecule has 0 heterocycles. The van der Waals surface area contributed by atoms with Gasteiger partial charge in [-0.3, -0.25) is 4.79 Å². The molecule has 1 atom stereocenters. The minimum absolute atomic E-state index is 0.0176. The van der Waals surface area contributed by atoms with Crippen molar-refractivity contribution in [2.24, 2.45) is 5.92 Å². The molecule has 0 aromatic carbocycles. The standard InChI is InChI=1S/C14H26N2O3/c1-3-11(2)10-15-13(19)16-14(9-12(17)18)7-5-4-6-8-14/h11H,3-10H2,1-2H3,(H,17,18)(H2,15,16,19). The first-order valence-electron chi connectivity index (χ1n) is 7.25. The number of hydrogen-bond acceptors (Lipinski definition) is 2. The predicted octanol–water partition coefficient (Wildman–Crippen LogP) is 2.51. The number of carboxylic acids is 1. The average molecular weight is 270 g/mol. The number of aliphatic carboxylic acids is 1. The Hall–Kier alpha value is -1.26. The molecule has 5 nitrogen and oxygen atoms in total. The second-order valence-electron chi connectivity index (χ2n) is 5.76. The highest BCUT2D eigenvalue weighted by atomic mass is 16.4. The van der Waals surface area contributed by atoms with E-state index in [4.69, 9.17) is 5.11 Å². The average Bonchev–Trinajstić information content (AvgIpc) is 2.35. The van der Waals surface area contributed by atoms with Crippen LogP contribution in [0.1, 0.15) is 58.8 Å². The quantitative estimate of drug-likeness (QED) is 0.694. The first-order valence-corrected chi connectivity index (χ1v) is 7.25. The van der Waals surface area contributed by atoms with Gasteiger partial charge < -0.3 is 15.7 Å². The number of hydrogen-bond donors (Lipinski definition) is 3. The highest BCUT2D eigenvalue weighted by Gasteiger charge is 2.35. The van der Waals surface area contributed by atoms with Crippen LogP contribution in [0.25, 0.3) is 0 Å². The summed E-state index contributed by atoms with van der Waals surface area (Å²) < 4.78 is 0. The maximum Gasteiger partial charge on any atom is 0.315 e. The zero-order valence-corrected chi connectivity index (χ0v) is 12.0. The molecule has 1 aliphatic rings. The molecule has 5 heteroatoms. The number of nitrogens with one attached hydrogen (secondary N) is 2. The Balaban J connectivity index is 2.52. The monoisotopic (exact) mass is 270 g/mol. The fraction of sp³-hybridized carbons (Fsp3) is 0.857. The largest absolute Gasteiger partial charge is 0.481 e. The van der Waals surface area contributed by atoms with Crippen LogP contribution in [0.5, 0.6) is 0 Å². The van der Waals surface area contributed by atoms with Gasteiger partial charge in [0.2, 0.25) is 0 Å². The fourth-order valence-corrected chi connectivity index (χ4v) is 2.56. The summed E-state index contributed by atoms with van der Waals surface area (Å²) in [5.41, 5.74) is -0.552. The maximum absolute atomic E-state index is 11.9. The van der Waals surface area contributed by atoms with E-state index in [1.807, 2.05) is 0 Å². The van der Waals surface area contributed by atoms with Gasteiger partial charge in [0.05, 0.1) is 12.0 Å². The van der Waals surface area contributed by atoms with Crippen molar-refractivity contribution in [1.29, 1.82) is 0 Å². The van der Waals surface area contributed by atoms with Gasteiger partial charge in [0.1, 0.15) is 0 Å². The Bertz CT molecular complexity index is 312. The predicted molar refractivity (Wildman–Crippen MR) is 74.1 cm³/mol. The van der Waals surface area contributed by atoms with Gasteiger partial charge in [-0.05, 0) is 18.8 Å². The number of amides is 2. The summed E-state index contributed by atoms with van der Waals surface area (Å²) in [6.45, 7) is 4.79. The highest BCUT2D eigenvalue weighted by molar-refractivity contribution is 5.76. The molecule has 2 amide bonds. The zero-order valence-electron chi connectivity index (χ0n) is 12.0. The smallest absolute Gasteiger partial charge is 0.315 e. The van der Waals surface area contributed by atoms with Gasteiger partial charge in [-0.2, -0.15) is 0 Å². The molecule has 1 saturated carbocycles. The van der Waals surface area contributed by atoms with Gasteiger partial charge in [-0.15, -0.1) is 0 Å². The number of rotatable bonds is 6. The minimum atomic E-state index is -0.843. The van der Waals surface area contributed by atoms with Crippen molar-refractivity contribution in [2.75, 3.05) is 6.54 Å². The van der Waals surface area contributed by atoms with Crippen LogP contribution in [0.4, 0.5) is 4.79 Å². The van der Waals surface area contributed by atoms with E-state index in [-0.39, 0.29) is 12.5 Å². The van der Waals surface area contributed by atoms with Crippen LogP contribution < -0.4 is 10.6 Å². The van der Waals surface area contributed by atoms with Crippen LogP contribution in [0, 0.1) is 5.92 Å². The van der Waals surface area contributed by atoms with Gasteiger partial charge in [-0.25, -0.2) is 4.79 Å². The van der Waals surface area contributed by atoms with Gasteiger partial charge in [-0.1, -0.05) is 39.5 Å². The van der Waals surface area contributed by atoms with Crippen LogP contribution in [-0.2, 0) is 4.79 Å². The van der Waals surface area contributed by atoms with Crippen molar-refractivity contribution in [1.82, 2.24) is 10.6 Å². The molecule has 0 aromatic rings. The van der Waals surface area contributed by atoms with Crippen LogP contribution >= 0.6 is 0 Å². The topological polar surface area (TPSA) is 78.4 Å². The van der Waals surface area contributed by atoms with E-state index in [1.165, 1.54) is 0 Å². The number of urea groups is 1. The van der Waals surface area contributed by atoms with E-state index in [9.17, 15) is 9.59 Å². The molecule has 1 rings (SSSR count). The Kier molecular flexibility index (Phi) is 6.12. The van der Waals surface area contributed by atoms with Gasteiger partial charge in [0, 0.05) is 6.54 Å². The number of carboxylic acid groups (broad SMARTS) is 1. The number of carbonyl (C=O) groups excluding carboxylic acids is 1. The van der Waals surface area contributed by atoms with Crippen molar-refractivity contribution in [3.63, 3.8) is 0 Å². The van der Waals surface area contributed by atoms with Gasteiger partial charge in [0.15, 0.2) is 0 Å². The highest BCUT2D eigenvalue weighted by Crippen LogP contribution is 2.31. The van der Waals surface area contributed by atoms with Crippen molar-refractivity contribution in [3.8, 4) is 0 Å². The van der Waals surface area contributed by atoms with Crippen molar-refractivity contribution >= 4 is 12.0 Å². The van der Waals surface area contributed by atoms with E-state index >= 15 is 0 Å². The summed E-state index contributed by atoms with van der Waals surface area (Å²) in [7, 11) is 0. The minimum Gasteiger partial charge on any atom is -0.481 e. The Morgan fingerprint density at radius 3 is 2.42 bits per heavy atom. The molecule has 19 heavy (non-hydrogen) atoms. The first kappa shape index (κ1) is 15.8. The maximum atomic E-state index is 11.9. The van der Waals surface area contributed by atoms with Crippen molar-refractivity contribution in [2.45, 2.75) is 64.3 Å². The Morgan fingerprint density at radius 1 is 1.26 bits per heavy atom. The SMILES string of the molecule is CCC(C)CNC(=O)NC1(CC(=O)O)CCCCC1. The van der Waals surface area contributed by atoms with Crippen molar-refractivity contribution < 1.29 is 14.7 Å². The normalized spacial score (nSPS) is 19.5. The molecule has 3 N–H and O–H groups in total. The van der Waals surface area contributed by atoms with Crippen LogP contribution in [0.3, 0.4) is 0 Å². The zero-order chi connectivity index (χ0) is 14.3. The summed E-state index contributed by atoms with van der Waals surface area (Å²) in [4.78, 5) is 22.9. The molecule has 110 valence electrons. The van der Waals surface area contributed by atoms with Gasteiger partial charge in [0.25, 0.3) is 0 Å². The second-order valence-corrected chi connectivity index (χ2v) is 5.76. The van der Waals surface area contributed by atoms with Crippen molar-refractivity contribution in [3.05, 3.63) is 0 Å². The molecular weight excluding hydrogens is 244 g/mol. The fourth-order valence-electron chi connectivity index (χ4n) is 2.56. The molecule has 0 radical (unpaired) electrons. The number of carbonyl (C=O) groups is 2. The third-order valence-electron chi connectivity index (χ3n) is 3.99. The molecule has 0 aromatic heterocycles. The third kappa shape index (κ3) is 5.49. The van der Waals surface area contributed by atoms with E-state index < -0.39 is 11.5 Å². The molecular formula is C14H26N2O3. The first-order chi connectivity index (χ1) is 8.97. The second kappa shape index (κ2) is 7.36. The molecule has 0 bridgehead atoms. The molecule has 1 fully saturated rings. The lowest BCUT2D eigenvalue weighted by molar-refractivity contribution is -0.139. The van der Waals surface area contributed by atoms with E-state index in [1.54, 1.807) is 0 Å². The Labute approximate surface area is 115 Å². The van der Waals surface area contributed by atoms with E-state index in [2.05, 4.69) is 24.5 Å². The molecule has 1 aliphatic carbocycles. The molecule has 0 aliphatic heterocycles.